The predicted molar refractivity (Wildman–Crippen MR) is 61.8 cm³/mol. The van der Waals surface area contributed by atoms with Crippen LogP contribution in [0.5, 0.6) is 0 Å². The van der Waals surface area contributed by atoms with Gasteiger partial charge in [0, 0.05) is 11.6 Å². The van der Waals surface area contributed by atoms with Gasteiger partial charge in [-0.15, -0.1) is 3.63 Å². The number of nitrogens with zero attached hydrogens (tertiary/aromatic N) is 1. The van der Waals surface area contributed by atoms with E-state index < -0.39 is 47.7 Å². The summed E-state index contributed by atoms with van der Waals surface area (Å²) >= 11 is 0. The third kappa shape index (κ3) is 4.37. The van der Waals surface area contributed by atoms with Gasteiger partial charge in [-0.05, 0) is 0 Å². The summed E-state index contributed by atoms with van der Waals surface area (Å²) in [7, 11) is -11.6. The van der Waals surface area contributed by atoms with Crippen LogP contribution < -0.4 is 0 Å². The van der Waals surface area contributed by atoms with E-state index in [9.17, 15) is 40.1 Å². The van der Waals surface area contributed by atoms with Crippen LogP contribution in [0.4, 0.5) is 18.9 Å². The van der Waals surface area contributed by atoms with Gasteiger partial charge in [-0.25, -0.2) is 0 Å². The maximum atomic E-state index is 12.0. The third-order valence-electron chi connectivity index (χ3n) is 2.00. The fourth-order valence-electron chi connectivity index (χ4n) is 1.20. The summed E-state index contributed by atoms with van der Waals surface area (Å²) < 4.78 is 83.1. The maximum absolute atomic E-state index is 12.0. The second kappa shape index (κ2) is 5.57. The van der Waals surface area contributed by atoms with Crippen LogP contribution in [0.25, 0.3) is 0 Å². The Kier molecular flexibility index (Phi) is 4.60. The summed E-state index contributed by atoms with van der Waals surface area (Å²) in [5.41, 5.74) is -7.14. The summed E-state index contributed by atoms with van der Waals surface area (Å²) in [6.45, 7) is 0. The number of rotatable bonds is 5. The van der Waals surface area contributed by atoms with E-state index in [-0.39, 0.29) is 0 Å². The SMILES string of the molecule is O=[N+]([O-])c1ccccc1CS(=O)(=O)OS(=O)(=O)C(F)(F)F. The lowest BCUT2D eigenvalue weighted by Gasteiger charge is -2.08. The quantitative estimate of drug-likeness (QED) is 0.446. The molecular weight excluding hydrogens is 343 g/mol. The maximum Gasteiger partial charge on any atom is 0.524 e. The van der Waals surface area contributed by atoms with Crippen LogP contribution in [0.3, 0.4) is 0 Å². The lowest BCUT2D eigenvalue weighted by Crippen LogP contribution is -2.28. The van der Waals surface area contributed by atoms with Crippen molar-refractivity contribution < 1.29 is 38.6 Å². The van der Waals surface area contributed by atoms with E-state index in [1.807, 2.05) is 0 Å². The lowest BCUT2D eigenvalue weighted by atomic mass is 10.2. The van der Waals surface area contributed by atoms with Crippen molar-refractivity contribution in [1.29, 1.82) is 0 Å². The van der Waals surface area contributed by atoms with Crippen molar-refractivity contribution in [3.8, 4) is 0 Å². The van der Waals surface area contributed by atoms with Gasteiger partial charge in [0.1, 0.15) is 5.75 Å². The van der Waals surface area contributed by atoms with Crippen molar-refractivity contribution in [3.05, 3.63) is 39.9 Å². The highest BCUT2D eigenvalue weighted by Gasteiger charge is 2.50. The van der Waals surface area contributed by atoms with Gasteiger partial charge in [-0.2, -0.15) is 30.0 Å². The molecule has 0 aliphatic heterocycles. The summed E-state index contributed by atoms with van der Waals surface area (Å²) in [6, 6.07) is 4.24. The molecule has 0 aliphatic rings. The van der Waals surface area contributed by atoms with Crippen LogP contribution in [0.1, 0.15) is 5.56 Å². The van der Waals surface area contributed by atoms with Crippen molar-refractivity contribution in [1.82, 2.24) is 0 Å². The number of para-hydroxylation sites is 1. The first-order valence-corrected chi connectivity index (χ1v) is 7.82. The number of alkyl halides is 3. The average molecular weight is 349 g/mol. The minimum atomic E-state index is -6.37. The Morgan fingerprint density at radius 3 is 2.14 bits per heavy atom. The largest absolute Gasteiger partial charge is 0.524 e. The van der Waals surface area contributed by atoms with Crippen LogP contribution in [0.2, 0.25) is 0 Å². The molecule has 0 bridgehead atoms. The number of nitro groups is 1. The molecule has 0 heterocycles. The minimum Gasteiger partial charge on any atom is -0.258 e. The van der Waals surface area contributed by atoms with Gasteiger partial charge in [0.2, 0.25) is 0 Å². The number of benzene rings is 1. The van der Waals surface area contributed by atoms with Gasteiger partial charge in [-0.1, -0.05) is 18.2 Å². The first-order valence-electron chi connectivity index (χ1n) is 4.83. The van der Waals surface area contributed by atoms with Crippen molar-refractivity contribution in [2.24, 2.45) is 0 Å². The Labute approximate surface area is 116 Å². The molecule has 21 heavy (non-hydrogen) atoms. The van der Waals surface area contributed by atoms with Gasteiger partial charge < -0.3 is 0 Å². The highest BCUT2D eigenvalue weighted by atomic mass is 32.3. The zero-order chi connectivity index (χ0) is 16.5. The standard InChI is InChI=1S/C8H6F3NO7S2/c9-8(10,11)21(17,18)19-20(15,16)5-6-3-1-2-4-7(6)12(13)14/h1-4H,5H2. The molecule has 0 aromatic heterocycles. The molecule has 0 saturated heterocycles. The molecule has 0 spiro atoms. The summed E-state index contributed by atoms with van der Waals surface area (Å²) in [5, 5.41) is 10.6. The molecule has 1 aromatic rings. The Balaban J connectivity index is 3.11. The van der Waals surface area contributed by atoms with Crippen molar-refractivity contribution in [3.63, 3.8) is 0 Å². The molecule has 118 valence electrons. The molecule has 0 fully saturated rings. The van der Waals surface area contributed by atoms with Gasteiger partial charge >= 0.3 is 15.6 Å². The lowest BCUT2D eigenvalue weighted by molar-refractivity contribution is -0.385. The Hall–Kier alpha value is -1.73. The first-order chi connectivity index (χ1) is 9.36. The second-order valence-corrected chi connectivity index (χ2v) is 6.88. The van der Waals surface area contributed by atoms with E-state index in [0.717, 1.165) is 12.1 Å². The number of halogens is 3. The van der Waals surface area contributed by atoms with Crippen LogP contribution in [0.15, 0.2) is 24.3 Å². The van der Waals surface area contributed by atoms with Crippen molar-refractivity contribution >= 4 is 25.9 Å². The summed E-state index contributed by atoms with van der Waals surface area (Å²) in [5.74, 6) is -1.40. The predicted octanol–water partition coefficient (Wildman–Crippen LogP) is 1.29. The number of nitro benzene ring substituents is 1. The van der Waals surface area contributed by atoms with E-state index in [0.29, 0.717) is 0 Å². The van der Waals surface area contributed by atoms with E-state index in [1.54, 1.807) is 0 Å². The molecule has 0 aliphatic carbocycles. The number of hydrogen-bond acceptors (Lipinski definition) is 7. The van der Waals surface area contributed by atoms with Gasteiger partial charge in [0.15, 0.2) is 0 Å². The highest BCUT2D eigenvalue weighted by molar-refractivity contribution is 7.99. The van der Waals surface area contributed by atoms with E-state index in [4.69, 9.17) is 0 Å². The highest BCUT2D eigenvalue weighted by Crippen LogP contribution is 2.28. The van der Waals surface area contributed by atoms with E-state index >= 15 is 0 Å². The van der Waals surface area contributed by atoms with Crippen LogP contribution >= 0.6 is 0 Å². The molecule has 0 atom stereocenters. The fraction of sp³-hybridized carbons (Fsp3) is 0.250. The smallest absolute Gasteiger partial charge is 0.258 e. The van der Waals surface area contributed by atoms with Gasteiger partial charge in [0.25, 0.3) is 15.8 Å². The first kappa shape index (κ1) is 17.3. The molecule has 1 rings (SSSR count). The van der Waals surface area contributed by atoms with Crippen molar-refractivity contribution in [2.45, 2.75) is 11.3 Å². The Bertz CT molecular complexity index is 754. The molecule has 1 aromatic carbocycles. The van der Waals surface area contributed by atoms with Crippen LogP contribution in [-0.4, -0.2) is 27.3 Å². The van der Waals surface area contributed by atoms with Crippen LogP contribution in [0, 0.1) is 10.1 Å². The molecule has 0 N–H and O–H groups in total. The molecule has 0 unspecified atom stereocenters. The average Bonchev–Trinajstić information content (AvgIpc) is 2.25. The zero-order valence-electron chi connectivity index (χ0n) is 9.77. The normalized spacial score (nSPS) is 13.1. The molecule has 8 nitrogen and oxygen atoms in total. The Morgan fingerprint density at radius 1 is 1.14 bits per heavy atom. The molecular formula is C8H6F3NO7S2. The summed E-state index contributed by atoms with van der Waals surface area (Å²) in [4.78, 5) is 9.65. The third-order valence-corrected chi connectivity index (χ3v) is 4.77. The summed E-state index contributed by atoms with van der Waals surface area (Å²) in [6.07, 6.45) is 0. The molecule has 0 radical (unpaired) electrons. The monoisotopic (exact) mass is 349 g/mol. The van der Waals surface area contributed by atoms with Gasteiger partial charge in [0.05, 0.1) is 4.92 Å². The number of hydrogen-bond donors (Lipinski definition) is 0. The molecule has 0 saturated carbocycles. The van der Waals surface area contributed by atoms with Crippen molar-refractivity contribution in [2.75, 3.05) is 0 Å². The topological polar surface area (TPSA) is 121 Å². The van der Waals surface area contributed by atoms with E-state index in [1.165, 1.54) is 12.1 Å². The second-order valence-electron chi connectivity index (χ2n) is 3.56. The molecule has 13 heteroatoms. The molecule has 0 amide bonds. The minimum absolute atomic E-state index is 0.514. The Morgan fingerprint density at radius 2 is 1.67 bits per heavy atom. The van der Waals surface area contributed by atoms with E-state index in [2.05, 4.69) is 3.63 Å². The van der Waals surface area contributed by atoms with Crippen LogP contribution in [-0.2, 0) is 29.6 Å². The zero-order valence-corrected chi connectivity index (χ0v) is 11.4. The van der Waals surface area contributed by atoms with Gasteiger partial charge in [-0.3, -0.25) is 10.1 Å². The fourth-order valence-corrected chi connectivity index (χ4v) is 3.42.